The summed E-state index contributed by atoms with van der Waals surface area (Å²) in [6, 6.07) is 14.8. The first kappa shape index (κ1) is 16.2. The molecule has 0 aliphatic heterocycles. The average molecular weight is 301 g/mol. The van der Waals surface area contributed by atoms with E-state index in [0.29, 0.717) is 12.0 Å². The summed E-state index contributed by atoms with van der Waals surface area (Å²) in [5, 5.41) is 12.3. The van der Waals surface area contributed by atoms with E-state index in [1.807, 2.05) is 37.3 Å². The first-order valence-corrected chi connectivity index (χ1v) is 7.37. The van der Waals surface area contributed by atoms with Crippen molar-refractivity contribution in [3.05, 3.63) is 71.5 Å². The third-order valence-electron chi connectivity index (χ3n) is 3.68. The van der Waals surface area contributed by atoms with Crippen LogP contribution in [-0.4, -0.2) is 17.6 Å². The fourth-order valence-corrected chi connectivity index (χ4v) is 2.49. The molecule has 4 heteroatoms. The number of halogens is 1. The fraction of sp³-hybridized carbons (Fsp3) is 0.278. The summed E-state index contributed by atoms with van der Waals surface area (Å²) in [6.45, 7) is 1.66. The molecule has 0 saturated heterocycles. The summed E-state index contributed by atoms with van der Waals surface area (Å²) in [6.07, 6.45) is 0.650. The van der Waals surface area contributed by atoms with Crippen LogP contribution < -0.4 is 5.32 Å². The normalized spacial score (nSPS) is 13.4. The van der Waals surface area contributed by atoms with Crippen LogP contribution in [0.4, 0.5) is 4.39 Å². The molecule has 2 atom stereocenters. The standard InChI is InChI=1S/C18H20FNO2/c1-2-16(13-7-4-3-5-8-13)18(22)20-17(12-21)14-9-6-10-15(19)11-14/h3-11,16-17,21H,2,12H2,1H3,(H,20,22)/t16-,17-/m1/s1. The molecule has 0 fully saturated rings. The number of hydrogen-bond acceptors (Lipinski definition) is 2. The second-order valence-corrected chi connectivity index (χ2v) is 5.17. The average Bonchev–Trinajstić information content (AvgIpc) is 2.54. The highest BCUT2D eigenvalue weighted by atomic mass is 19.1. The van der Waals surface area contributed by atoms with E-state index < -0.39 is 6.04 Å². The third-order valence-corrected chi connectivity index (χ3v) is 3.68. The van der Waals surface area contributed by atoms with Gasteiger partial charge in [-0.05, 0) is 29.7 Å². The van der Waals surface area contributed by atoms with Gasteiger partial charge in [-0.1, -0.05) is 49.4 Å². The van der Waals surface area contributed by atoms with Crippen molar-refractivity contribution in [3.63, 3.8) is 0 Å². The molecule has 1 amide bonds. The molecule has 0 radical (unpaired) electrons. The van der Waals surface area contributed by atoms with E-state index in [9.17, 15) is 14.3 Å². The van der Waals surface area contributed by atoms with Crippen LogP contribution in [0, 0.1) is 5.82 Å². The van der Waals surface area contributed by atoms with Crippen molar-refractivity contribution in [2.45, 2.75) is 25.3 Å². The number of aliphatic hydroxyl groups excluding tert-OH is 1. The Balaban J connectivity index is 2.14. The molecule has 0 bridgehead atoms. The third kappa shape index (κ3) is 3.92. The first-order chi connectivity index (χ1) is 10.7. The van der Waals surface area contributed by atoms with E-state index in [2.05, 4.69) is 5.32 Å². The van der Waals surface area contributed by atoms with E-state index in [4.69, 9.17) is 0 Å². The van der Waals surface area contributed by atoms with Crippen LogP contribution in [-0.2, 0) is 4.79 Å². The molecule has 0 spiro atoms. The largest absolute Gasteiger partial charge is 0.394 e. The molecule has 22 heavy (non-hydrogen) atoms. The van der Waals surface area contributed by atoms with Gasteiger partial charge in [-0.3, -0.25) is 4.79 Å². The Morgan fingerprint density at radius 2 is 1.82 bits per heavy atom. The summed E-state index contributed by atoms with van der Waals surface area (Å²) in [7, 11) is 0. The van der Waals surface area contributed by atoms with Gasteiger partial charge in [-0.15, -0.1) is 0 Å². The Labute approximate surface area is 129 Å². The number of amides is 1. The van der Waals surface area contributed by atoms with E-state index in [0.717, 1.165) is 5.56 Å². The molecule has 0 unspecified atom stereocenters. The van der Waals surface area contributed by atoms with Gasteiger partial charge < -0.3 is 10.4 Å². The molecule has 2 aromatic carbocycles. The molecule has 3 nitrogen and oxygen atoms in total. The van der Waals surface area contributed by atoms with Crippen LogP contribution in [0.5, 0.6) is 0 Å². The maximum Gasteiger partial charge on any atom is 0.228 e. The lowest BCUT2D eigenvalue weighted by atomic mass is 9.95. The second-order valence-electron chi connectivity index (χ2n) is 5.17. The fourth-order valence-electron chi connectivity index (χ4n) is 2.49. The van der Waals surface area contributed by atoms with E-state index in [1.165, 1.54) is 12.1 Å². The topological polar surface area (TPSA) is 49.3 Å². The van der Waals surface area contributed by atoms with Gasteiger partial charge >= 0.3 is 0 Å². The van der Waals surface area contributed by atoms with Gasteiger partial charge in [-0.25, -0.2) is 4.39 Å². The van der Waals surface area contributed by atoms with Crippen molar-refractivity contribution in [3.8, 4) is 0 Å². The van der Waals surface area contributed by atoms with Crippen molar-refractivity contribution < 1.29 is 14.3 Å². The predicted octanol–water partition coefficient (Wildman–Crippen LogP) is 3.17. The molecule has 0 aliphatic rings. The van der Waals surface area contributed by atoms with Gasteiger partial charge in [0, 0.05) is 0 Å². The van der Waals surface area contributed by atoms with Crippen molar-refractivity contribution in [1.29, 1.82) is 0 Å². The monoisotopic (exact) mass is 301 g/mol. The minimum atomic E-state index is -0.610. The van der Waals surface area contributed by atoms with Crippen LogP contribution in [0.1, 0.15) is 36.4 Å². The molecular weight excluding hydrogens is 281 g/mol. The van der Waals surface area contributed by atoms with Gasteiger partial charge in [0.2, 0.25) is 5.91 Å². The number of benzene rings is 2. The van der Waals surface area contributed by atoms with Gasteiger partial charge in [0.25, 0.3) is 0 Å². The smallest absolute Gasteiger partial charge is 0.228 e. The minimum absolute atomic E-state index is 0.169. The molecule has 2 rings (SSSR count). The van der Waals surface area contributed by atoms with E-state index in [1.54, 1.807) is 12.1 Å². The van der Waals surface area contributed by atoms with Crippen LogP contribution in [0.3, 0.4) is 0 Å². The van der Waals surface area contributed by atoms with Crippen molar-refractivity contribution >= 4 is 5.91 Å². The Morgan fingerprint density at radius 3 is 2.41 bits per heavy atom. The number of nitrogens with one attached hydrogen (secondary N) is 1. The quantitative estimate of drug-likeness (QED) is 0.861. The van der Waals surface area contributed by atoms with E-state index >= 15 is 0 Å². The van der Waals surface area contributed by atoms with Gasteiger partial charge in [0.15, 0.2) is 0 Å². The number of rotatable bonds is 6. The second kappa shape index (κ2) is 7.71. The summed E-state index contributed by atoms with van der Waals surface area (Å²) in [5.41, 5.74) is 1.48. The Kier molecular flexibility index (Phi) is 5.67. The Hall–Kier alpha value is -2.20. The zero-order valence-corrected chi connectivity index (χ0v) is 12.5. The summed E-state index contributed by atoms with van der Waals surface area (Å²) in [5.74, 6) is -0.846. The highest BCUT2D eigenvalue weighted by molar-refractivity contribution is 5.84. The highest BCUT2D eigenvalue weighted by Gasteiger charge is 2.22. The van der Waals surface area contributed by atoms with Crippen molar-refractivity contribution in [2.24, 2.45) is 0 Å². The maximum absolute atomic E-state index is 13.3. The lowest BCUT2D eigenvalue weighted by Crippen LogP contribution is -2.34. The van der Waals surface area contributed by atoms with Gasteiger partial charge in [0.05, 0.1) is 18.6 Å². The first-order valence-electron chi connectivity index (χ1n) is 7.37. The SMILES string of the molecule is CC[C@@H](C(=O)N[C@H](CO)c1cccc(F)c1)c1ccccc1. The molecule has 0 aromatic heterocycles. The molecule has 116 valence electrons. The summed E-state index contributed by atoms with van der Waals surface area (Å²) >= 11 is 0. The van der Waals surface area contributed by atoms with Crippen molar-refractivity contribution in [2.75, 3.05) is 6.61 Å². The summed E-state index contributed by atoms with van der Waals surface area (Å²) < 4.78 is 13.3. The summed E-state index contributed by atoms with van der Waals surface area (Å²) in [4.78, 5) is 12.5. The molecule has 0 heterocycles. The van der Waals surface area contributed by atoms with Crippen LogP contribution >= 0.6 is 0 Å². The van der Waals surface area contributed by atoms with E-state index in [-0.39, 0.29) is 24.2 Å². The maximum atomic E-state index is 13.3. The van der Waals surface area contributed by atoms with Crippen LogP contribution in [0.15, 0.2) is 54.6 Å². The van der Waals surface area contributed by atoms with Gasteiger partial charge in [-0.2, -0.15) is 0 Å². The lowest BCUT2D eigenvalue weighted by molar-refractivity contribution is -0.123. The predicted molar refractivity (Wildman–Crippen MR) is 83.8 cm³/mol. The number of hydrogen-bond donors (Lipinski definition) is 2. The molecule has 2 aromatic rings. The van der Waals surface area contributed by atoms with Crippen LogP contribution in [0.25, 0.3) is 0 Å². The Bertz CT molecular complexity index is 615. The zero-order valence-electron chi connectivity index (χ0n) is 12.5. The Morgan fingerprint density at radius 1 is 1.14 bits per heavy atom. The number of carbonyl (C=O) groups is 1. The van der Waals surface area contributed by atoms with Gasteiger partial charge in [0.1, 0.15) is 5.82 Å². The lowest BCUT2D eigenvalue weighted by Gasteiger charge is -2.21. The molecular formula is C18H20FNO2. The van der Waals surface area contributed by atoms with Crippen molar-refractivity contribution in [1.82, 2.24) is 5.32 Å². The van der Waals surface area contributed by atoms with Crippen LogP contribution in [0.2, 0.25) is 0 Å². The number of aliphatic hydroxyl groups is 1. The molecule has 0 aliphatic carbocycles. The highest BCUT2D eigenvalue weighted by Crippen LogP contribution is 2.21. The molecule has 0 saturated carbocycles. The zero-order chi connectivity index (χ0) is 15.9. The number of carbonyl (C=O) groups excluding carboxylic acids is 1. The molecule has 2 N–H and O–H groups in total. The minimum Gasteiger partial charge on any atom is -0.394 e.